The number of esters is 1. The number of para-hydroxylation sites is 1. The van der Waals surface area contributed by atoms with E-state index in [1.165, 1.54) is 10.9 Å². The van der Waals surface area contributed by atoms with Crippen LogP contribution in [0.3, 0.4) is 0 Å². The second-order valence-electron chi connectivity index (χ2n) is 8.60. The van der Waals surface area contributed by atoms with Crippen LogP contribution in [0.1, 0.15) is 39.9 Å². The van der Waals surface area contributed by atoms with Gasteiger partial charge in [-0.3, -0.25) is 4.79 Å². The standard InChI is InChI=1S/C30H26N4O3/c1-3-37-30(36)24-19-31-34(26-18-20(2)23-16-10-11-17-25(23)32-26)28(24)33-29(35)27(21-12-6-4-7-13-21)22-14-8-5-9-15-22/h4-19,27H,3H2,1-2H3,(H,33,35). The van der Waals surface area contributed by atoms with Crippen molar-refractivity contribution in [3.63, 3.8) is 0 Å². The summed E-state index contributed by atoms with van der Waals surface area (Å²) in [5, 5.41) is 8.43. The maximum atomic E-state index is 13.9. The Morgan fingerprint density at radius 2 is 1.54 bits per heavy atom. The number of hydrogen-bond donors (Lipinski definition) is 1. The van der Waals surface area contributed by atoms with Crippen molar-refractivity contribution in [1.29, 1.82) is 0 Å². The summed E-state index contributed by atoms with van der Waals surface area (Å²) < 4.78 is 6.74. The number of amides is 1. The van der Waals surface area contributed by atoms with E-state index in [0.717, 1.165) is 27.6 Å². The molecule has 7 heteroatoms. The van der Waals surface area contributed by atoms with Crippen molar-refractivity contribution in [2.24, 2.45) is 0 Å². The SMILES string of the molecule is CCOC(=O)c1cnn(-c2cc(C)c3ccccc3n2)c1NC(=O)C(c1ccccc1)c1ccccc1. The Kier molecular flexibility index (Phi) is 6.76. The Bertz CT molecular complexity index is 1520. The first-order valence-corrected chi connectivity index (χ1v) is 12.1. The van der Waals surface area contributed by atoms with Crippen LogP contribution in [0.4, 0.5) is 5.82 Å². The molecule has 0 aliphatic rings. The van der Waals surface area contributed by atoms with Gasteiger partial charge in [0.15, 0.2) is 11.6 Å². The van der Waals surface area contributed by atoms with Gasteiger partial charge >= 0.3 is 5.97 Å². The van der Waals surface area contributed by atoms with E-state index < -0.39 is 11.9 Å². The van der Waals surface area contributed by atoms with Gasteiger partial charge < -0.3 is 10.1 Å². The highest BCUT2D eigenvalue weighted by atomic mass is 16.5. The van der Waals surface area contributed by atoms with E-state index in [2.05, 4.69) is 10.4 Å². The van der Waals surface area contributed by atoms with Gasteiger partial charge in [-0.05, 0) is 42.7 Å². The van der Waals surface area contributed by atoms with E-state index in [9.17, 15) is 9.59 Å². The second kappa shape index (κ2) is 10.5. The Balaban J connectivity index is 1.61. The van der Waals surface area contributed by atoms with Crippen LogP contribution in [0.2, 0.25) is 0 Å². The normalized spacial score (nSPS) is 11.0. The molecule has 7 nitrogen and oxygen atoms in total. The van der Waals surface area contributed by atoms with E-state index in [1.54, 1.807) is 6.92 Å². The molecule has 0 unspecified atom stereocenters. The third kappa shape index (κ3) is 4.84. The van der Waals surface area contributed by atoms with Crippen LogP contribution in [-0.2, 0) is 9.53 Å². The minimum absolute atomic E-state index is 0.155. The number of ether oxygens (including phenoxy) is 1. The quantitative estimate of drug-likeness (QED) is 0.297. The van der Waals surface area contributed by atoms with Crippen molar-refractivity contribution in [2.75, 3.05) is 11.9 Å². The summed E-state index contributed by atoms with van der Waals surface area (Å²) >= 11 is 0. The summed E-state index contributed by atoms with van der Waals surface area (Å²) in [5.41, 5.74) is 3.60. The zero-order chi connectivity index (χ0) is 25.8. The van der Waals surface area contributed by atoms with Crippen molar-refractivity contribution < 1.29 is 14.3 Å². The first-order chi connectivity index (χ1) is 18.1. The third-order valence-electron chi connectivity index (χ3n) is 6.16. The molecule has 0 saturated carbocycles. The lowest BCUT2D eigenvalue weighted by Gasteiger charge is -2.19. The van der Waals surface area contributed by atoms with Gasteiger partial charge in [0.25, 0.3) is 0 Å². The number of rotatable bonds is 7. The van der Waals surface area contributed by atoms with Crippen LogP contribution >= 0.6 is 0 Å². The number of nitrogens with one attached hydrogen (secondary N) is 1. The van der Waals surface area contributed by atoms with Gasteiger partial charge in [-0.15, -0.1) is 0 Å². The number of hydrogen-bond acceptors (Lipinski definition) is 5. The van der Waals surface area contributed by atoms with Crippen molar-refractivity contribution in [3.05, 3.63) is 119 Å². The van der Waals surface area contributed by atoms with E-state index in [-0.39, 0.29) is 23.9 Å². The molecule has 2 heterocycles. The van der Waals surface area contributed by atoms with Crippen LogP contribution < -0.4 is 5.32 Å². The summed E-state index contributed by atoms with van der Waals surface area (Å²) in [7, 11) is 0. The fourth-order valence-corrected chi connectivity index (χ4v) is 4.42. The van der Waals surface area contributed by atoms with E-state index >= 15 is 0 Å². The molecular formula is C30H26N4O3. The van der Waals surface area contributed by atoms with Gasteiger partial charge in [-0.1, -0.05) is 78.9 Å². The van der Waals surface area contributed by atoms with Crippen molar-refractivity contribution in [1.82, 2.24) is 14.8 Å². The van der Waals surface area contributed by atoms with Crippen LogP contribution in [-0.4, -0.2) is 33.2 Å². The molecule has 1 amide bonds. The van der Waals surface area contributed by atoms with E-state index in [4.69, 9.17) is 9.72 Å². The summed E-state index contributed by atoms with van der Waals surface area (Å²) in [6, 6.07) is 28.7. The summed E-state index contributed by atoms with van der Waals surface area (Å²) in [5.74, 6) is -0.785. The lowest BCUT2D eigenvalue weighted by atomic mass is 9.90. The smallest absolute Gasteiger partial charge is 0.343 e. The lowest BCUT2D eigenvalue weighted by molar-refractivity contribution is -0.116. The molecular weight excluding hydrogens is 464 g/mol. The van der Waals surface area contributed by atoms with Crippen LogP contribution in [0.5, 0.6) is 0 Å². The van der Waals surface area contributed by atoms with E-state index in [1.807, 2.05) is 97.9 Å². The molecule has 0 atom stereocenters. The number of pyridine rings is 1. The van der Waals surface area contributed by atoms with Gasteiger partial charge in [0.2, 0.25) is 5.91 Å². The predicted octanol–water partition coefficient (Wildman–Crippen LogP) is 5.68. The van der Waals surface area contributed by atoms with Crippen LogP contribution in [0, 0.1) is 6.92 Å². The number of fused-ring (bicyclic) bond motifs is 1. The molecule has 5 aromatic rings. The van der Waals surface area contributed by atoms with Gasteiger partial charge in [-0.2, -0.15) is 9.78 Å². The predicted molar refractivity (Wildman–Crippen MR) is 143 cm³/mol. The van der Waals surface area contributed by atoms with Gasteiger partial charge in [0, 0.05) is 5.39 Å². The highest BCUT2D eigenvalue weighted by Crippen LogP contribution is 2.29. The topological polar surface area (TPSA) is 86.1 Å². The number of carbonyl (C=O) groups is 2. The molecule has 0 spiro atoms. The Hall–Kier alpha value is -4.78. The van der Waals surface area contributed by atoms with E-state index in [0.29, 0.717) is 5.82 Å². The molecule has 5 rings (SSSR count). The minimum atomic E-state index is -0.605. The number of aromatic nitrogens is 3. The monoisotopic (exact) mass is 490 g/mol. The molecule has 2 aromatic heterocycles. The fourth-order valence-electron chi connectivity index (χ4n) is 4.42. The Morgan fingerprint density at radius 1 is 0.919 bits per heavy atom. The zero-order valence-electron chi connectivity index (χ0n) is 20.6. The molecule has 0 fully saturated rings. The highest BCUT2D eigenvalue weighted by Gasteiger charge is 2.28. The fraction of sp³-hybridized carbons (Fsp3) is 0.133. The maximum Gasteiger partial charge on any atom is 0.343 e. The van der Waals surface area contributed by atoms with Crippen LogP contribution in [0.15, 0.2) is 97.2 Å². The van der Waals surface area contributed by atoms with Gasteiger partial charge in [0.1, 0.15) is 5.56 Å². The molecule has 37 heavy (non-hydrogen) atoms. The molecule has 0 radical (unpaired) electrons. The van der Waals surface area contributed by atoms with Gasteiger partial charge in [0.05, 0.1) is 24.2 Å². The summed E-state index contributed by atoms with van der Waals surface area (Å²) in [4.78, 5) is 31.5. The molecule has 0 bridgehead atoms. The number of benzene rings is 3. The molecule has 3 aromatic carbocycles. The zero-order valence-corrected chi connectivity index (χ0v) is 20.6. The lowest BCUT2D eigenvalue weighted by Crippen LogP contribution is -2.25. The number of carbonyl (C=O) groups excluding carboxylic acids is 2. The average molecular weight is 491 g/mol. The number of aryl methyl sites for hydroxylation is 1. The molecule has 1 N–H and O–H groups in total. The first kappa shape index (κ1) is 23.9. The van der Waals surface area contributed by atoms with Crippen molar-refractivity contribution in [2.45, 2.75) is 19.8 Å². The molecule has 0 saturated heterocycles. The average Bonchev–Trinajstić information content (AvgIpc) is 3.34. The Morgan fingerprint density at radius 3 is 2.19 bits per heavy atom. The largest absolute Gasteiger partial charge is 0.462 e. The van der Waals surface area contributed by atoms with Crippen LogP contribution in [0.25, 0.3) is 16.7 Å². The second-order valence-corrected chi connectivity index (χ2v) is 8.60. The van der Waals surface area contributed by atoms with Gasteiger partial charge in [-0.25, -0.2) is 9.78 Å². The molecule has 0 aliphatic heterocycles. The summed E-state index contributed by atoms with van der Waals surface area (Å²) in [6.07, 6.45) is 1.40. The number of nitrogens with zero attached hydrogens (tertiary/aromatic N) is 3. The molecule has 0 aliphatic carbocycles. The maximum absolute atomic E-state index is 13.9. The number of anilines is 1. The summed E-state index contributed by atoms with van der Waals surface area (Å²) in [6.45, 7) is 3.92. The minimum Gasteiger partial charge on any atom is -0.462 e. The first-order valence-electron chi connectivity index (χ1n) is 12.1. The Labute approximate surface area is 214 Å². The van der Waals surface area contributed by atoms with Crippen molar-refractivity contribution in [3.8, 4) is 5.82 Å². The van der Waals surface area contributed by atoms with Crippen molar-refractivity contribution >= 4 is 28.6 Å². The molecule has 184 valence electrons. The highest BCUT2D eigenvalue weighted by molar-refractivity contribution is 6.03. The third-order valence-corrected chi connectivity index (χ3v) is 6.16.